The lowest BCUT2D eigenvalue weighted by Gasteiger charge is -2.40. The summed E-state index contributed by atoms with van der Waals surface area (Å²) in [6.07, 6.45) is 25.5. The predicted molar refractivity (Wildman–Crippen MR) is 219 cm³/mol. The van der Waals surface area contributed by atoms with Gasteiger partial charge in [-0.15, -0.1) is 0 Å². The molecular weight excluding hydrogens is 702 g/mol. The fourth-order valence-electron chi connectivity index (χ4n) is 6.96. The first-order valence-electron chi connectivity index (χ1n) is 22.2. The summed E-state index contributed by atoms with van der Waals surface area (Å²) in [7, 11) is 0. The van der Waals surface area contributed by atoms with Gasteiger partial charge >= 0.3 is 0 Å². The molecule has 0 aromatic carbocycles. The predicted octanol–water partition coefficient (Wildman–Crippen LogP) is 6.67. The first-order valence-corrected chi connectivity index (χ1v) is 22.2. The molecular formula is C44H83NO10. The highest BCUT2D eigenvalue weighted by atomic mass is 16.7. The second-order valence-electron chi connectivity index (χ2n) is 15.8. The van der Waals surface area contributed by atoms with Gasteiger partial charge in [0, 0.05) is 0 Å². The molecule has 324 valence electrons. The van der Waals surface area contributed by atoms with Gasteiger partial charge in [-0.2, -0.15) is 0 Å². The monoisotopic (exact) mass is 786 g/mol. The molecule has 1 aliphatic rings. The molecule has 9 atom stereocenters. The molecule has 0 saturated carbocycles. The number of allylic oxidation sites excluding steroid dienone is 4. The quantitative estimate of drug-likeness (QED) is 0.0252. The number of rotatable bonds is 36. The Labute approximate surface area is 334 Å². The van der Waals surface area contributed by atoms with Crippen molar-refractivity contribution in [3.63, 3.8) is 0 Å². The highest BCUT2D eigenvalue weighted by Crippen LogP contribution is 2.23. The van der Waals surface area contributed by atoms with E-state index >= 15 is 0 Å². The SMILES string of the molecule is CCCCC/C=C/CCCC(O)C(O)C(COC1OC(CO)C(O)C(O)C1O)NC(=O)C(O)CCCCCCCC/C=C\CCCCCCCCCCCC. The summed E-state index contributed by atoms with van der Waals surface area (Å²) in [4.78, 5) is 13.0. The zero-order chi connectivity index (χ0) is 40.5. The molecule has 1 fully saturated rings. The molecule has 1 saturated heterocycles. The van der Waals surface area contributed by atoms with E-state index in [0.29, 0.717) is 12.8 Å². The molecule has 0 bridgehead atoms. The van der Waals surface area contributed by atoms with Crippen molar-refractivity contribution in [1.82, 2.24) is 5.32 Å². The number of aliphatic hydroxyl groups is 7. The number of aliphatic hydroxyl groups excluding tert-OH is 7. The van der Waals surface area contributed by atoms with Crippen LogP contribution in [0.15, 0.2) is 24.3 Å². The highest BCUT2D eigenvalue weighted by Gasteiger charge is 2.44. The Balaban J connectivity index is 2.40. The summed E-state index contributed by atoms with van der Waals surface area (Å²) >= 11 is 0. The molecule has 9 unspecified atom stereocenters. The lowest BCUT2D eigenvalue weighted by Crippen LogP contribution is -2.60. The zero-order valence-electron chi connectivity index (χ0n) is 34.7. The van der Waals surface area contributed by atoms with E-state index < -0.39 is 74.2 Å². The molecule has 1 aliphatic heterocycles. The minimum atomic E-state index is -1.67. The van der Waals surface area contributed by atoms with E-state index in [0.717, 1.165) is 64.2 Å². The van der Waals surface area contributed by atoms with E-state index in [1.807, 2.05) is 0 Å². The van der Waals surface area contributed by atoms with Gasteiger partial charge in [0.1, 0.15) is 36.6 Å². The van der Waals surface area contributed by atoms with Crippen LogP contribution in [0, 0.1) is 0 Å². The Bertz CT molecular complexity index is 950. The lowest BCUT2D eigenvalue weighted by atomic mass is 9.98. The average molecular weight is 786 g/mol. The zero-order valence-corrected chi connectivity index (χ0v) is 34.7. The number of carbonyl (C=O) groups is 1. The molecule has 1 rings (SSSR count). The normalized spacial score (nSPS) is 22.7. The number of unbranched alkanes of at least 4 members (excludes halogenated alkanes) is 20. The summed E-state index contributed by atoms with van der Waals surface area (Å²) in [5.41, 5.74) is 0. The number of hydrogen-bond acceptors (Lipinski definition) is 10. The molecule has 8 N–H and O–H groups in total. The largest absolute Gasteiger partial charge is 0.394 e. The Morgan fingerprint density at radius 2 is 1.07 bits per heavy atom. The van der Waals surface area contributed by atoms with Gasteiger partial charge < -0.3 is 50.5 Å². The minimum absolute atomic E-state index is 0.247. The van der Waals surface area contributed by atoms with Crippen LogP contribution in [0.3, 0.4) is 0 Å². The van der Waals surface area contributed by atoms with Crippen molar-refractivity contribution in [1.29, 1.82) is 0 Å². The van der Waals surface area contributed by atoms with Gasteiger partial charge in [0.05, 0.1) is 25.4 Å². The van der Waals surface area contributed by atoms with Crippen LogP contribution in [-0.4, -0.2) is 110 Å². The smallest absolute Gasteiger partial charge is 0.249 e. The highest BCUT2D eigenvalue weighted by molar-refractivity contribution is 5.80. The standard InChI is InChI=1S/C44H83NO10/c1-3-5-7-9-11-13-14-15-16-17-18-19-20-21-22-23-24-26-28-30-32-37(48)43(53)45-35(34-54-44-42(52)41(51)40(50)38(33-46)55-44)39(49)36(47)31-29-27-25-12-10-8-6-4-2/h12,19-20,25,35-42,44,46-52H,3-11,13-18,21-24,26-34H2,1-2H3,(H,45,53)/b20-19-,25-12+. The minimum Gasteiger partial charge on any atom is -0.394 e. The number of amides is 1. The second kappa shape index (κ2) is 34.6. The van der Waals surface area contributed by atoms with E-state index in [1.165, 1.54) is 77.0 Å². The van der Waals surface area contributed by atoms with Gasteiger partial charge in [0.2, 0.25) is 5.91 Å². The van der Waals surface area contributed by atoms with Crippen LogP contribution in [0.2, 0.25) is 0 Å². The third-order valence-electron chi connectivity index (χ3n) is 10.7. The lowest BCUT2D eigenvalue weighted by molar-refractivity contribution is -0.303. The van der Waals surface area contributed by atoms with Crippen LogP contribution >= 0.6 is 0 Å². The fourth-order valence-corrected chi connectivity index (χ4v) is 6.96. The molecule has 1 heterocycles. The fraction of sp³-hybridized carbons (Fsp3) is 0.886. The van der Waals surface area contributed by atoms with Gasteiger partial charge in [-0.1, -0.05) is 141 Å². The van der Waals surface area contributed by atoms with Gasteiger partial charge in [-0.05, 0) is 64.2 Å². The number of nitrogens with one attached hydrogen (secondary N) is 1. The molecule has 0 aromatic heterocycles. The Hall–Kier alpha value is -1.41. The van der Waals surface area contributed by atoms with Crippen LogP contribution in [0.25, 0.3) is 0 Å². The molecule has 11 nitrogen and oxygen atoms in total. The van der Waals surface area contributed by atoms with Gasteiger partial charge in [-0.25, -0.2) is 0 Å². The third kappa shape index (κ3) is 24.9. The summed E-state index contributed by atoms with van der Waals surface area (Å²) in [6, 6.07) is -1.18. The second-order valence-corrected chi connectivity index (χ2v) is 15.8. The number of hydrogen-bond donors (Lipinski definition) is 8. The molecule has 0 aromatic rings. The molecule has 0 radical (unpaired) electrons. The Morgan fingerprint density at radius 3 is 1.60 bits per heavy atom. The van der Waals surface area contributed by atoms with Crippen molar-refractivity contribution >= 4 is 5.91 Å². The maximum atomic E-state index is 13.0. The summed E-state index contributed by atoms with van der Waals surface area (Å²) in [6.45, 7) is 3.34. The van der Waals surface area contributed by atoms with E-state index in [1.54, 1.807) is 0 Å². The van der Waals surface area contributed by atoms with E-state index in [4.69, 9.17) is 9.47 Å². The van der Waals surface area contributed by atoms with Crippen molar-refractivity contribution in [3.8, 4) is 0 Å². The van der Waals surface area contributed by atoms with Crippen LogP contribution in [0.4, 0.5) is 0 Å². The maximum Gasteiger partial charge on any atom is 0.249 e. The maximum absolute atomic E-state index is 13.0. The van der Waals surface area contributed by atoms with Gasteiger partial charge in [0.25, 0.3) is 0 Å². The molecule has 0 aliphatic carbocycles. The van der Waals surface area contributed by atoms with Crippen LogP contribution in [-0.2, 0) is 14.3 Å². The first-order chi connectivity index (χ1) is 26.7. The van der Waals surface area contributed by atoms with Crippen molar-refractivity contribution in [2.45, 2.75) is 236 Å². The van der Waals surface area contributed by atoms with Crippen molar-refractivity contribution in [3.05, 3.63) is 24.3 Å². The third-order valence-corrected chi connectivity index (χ3v) is 10.7. The Kier molecular flexibility index (Phi) is 32.5. The van der Waals surface area contributed by atoms with Gasteiger partial charge in [0.15, 0.2) is 6.29 Å². The van der Waals surface area contributed by atoms with Crippen molar-refractivity contribution < 1.29 is 50.0 Å². The number of carbonyl (C=O) groups excluding carboxylic acids is 1. The van der Waals surface area contributed by atoms with Crippen molar-refractivity contribution in [2.75, 3.05) is 13.2 Å². The molecule has 55 heavy (non-hydrogen) atoms. The van der Waals surface area contributed by atoms with E-state index in [9.17, 15) is 40.5 Å². The topological polar surface area (TPSA) is 189 Å². The van der Waals surface area contributed by atoms with Crippen LogP contribution in [0.5, 0.6) is 0 Å². The average Bonchev–Trinajstić information content (AvgIpc) is 3.18. The van der Waals surface area contributed by atoms with Gasteiger partial charge in [-0.3, -0.25) is 4.79 Å². The van der Waals surface area contributed by atoms with Crippen LogP contribution < -0.4 is 5.32 Å². The Morgan fingerprint density at radius 1 is 0.618 bits per heavy atom. The summed E-state index contributed by atoms with van der Waals surface area (Å²) in [5, 5.41) is 75.2. The van der Waals surface area contributed by atoms with Crippen molar-refractivity contribution in [2.24, 2.45) is 0 Å². The molecule has 11 heteroatoms. The molecule has 1 amide bonds. The van der Waals surface area contributed by atoms with E-state index in [-0.39, 0.29) is 12.8 Å². The van der Waals surface area contributed by atoms with Crippen LogP contribution in [0.1, 0.15) is 181 Å². The molecule has 0 spiro atoms. The number of ether oxygens (including phenoxy) is 2. The summed E-state index contributed by atoms with van der Waals surface area (Å²) < 4.78 is 11.0. The first kappa shape index (κ1) is 51.6. The summed E-state index contributed by atoms with van der Waals surface area (Å²) in [5.74, 6) is -0.715. The van der Waals surface area contributed by atoms with E-state index in [2.05, 4.69) is 43.5 Å².